The molecule has 0 aliphatic rings. The number of aliphatic carboxylic acids is 1. The number of likely N-dealkylation sites (N-methyl/N-ethyl adjacent to an activating group) is 1. The Balaban J connectivity index is -0.000000251. The molecule has 0 fully saturated rings. The first-order valence-corrected chi connectivity index (χ1v) is 5.92. The highest BCUT2D eigenvalue weighted by atomic mass is 16.6. The third-order valence-corrected chi connectivity index (χ3v) is 1.73. The van der Waals surface area contributed by atoms with Crippen molar-refractivity contribution in [3.63, 3.8) is 0 Å². The van der Waals surface area contributed by atoms with E-state index in [0.717, 1.165) is 11.0 Å². The number of ether oxygens (including phenoxy) is 1. The molecule has 0 heterocycles. The van der Waals surface area contributed by atoms with Crippen LogP contribution in [0.2, 0.25) is 0 Å². The second-order valence-corrected chi connectivity index (χ2v) is 4.68. The molecular formula is C12H25NO7. The lowest BCUT2D eigenvalue weighted by Crippen LogP contribution is -2.36. The van der Waals surface area contributed by atoms with E-state index in [4.69, 9.17) is 20.1 Å². The van der Waals surface area contributed by atoms with Crippen molar-refractivity contribution in [3.8, 4) is 0 Å². The van der Waals surface area contributed by atoms with Gasteiger partial charge in [-0.1, -0.05) is 6.92 Å². The highest BCUT2D eigenvalue weighted by Crippen LogP contribution is 1.97. The number of carbonyl (C=O) groups is 3. The Bertz CT molecular complexity index is 273. The van der Waals surface area contributed by atoms with E-state index >= 15 is 0 Å². The van der Waals surface area contributed by atoms with Crippen LogP contribution in [0.3, 0.4) is 0 Å². The molecule has 0 aromatic carbocycles. The zero-order valence-electron chi connectivity index (χ0n) is 12.7. The quantitative estimate of drug-likeness (QED) is 0.358. The van der Waals surface area contributed by atoms with E-state index in [1.165, 1.54) is 6.92 Å². The minimum atomic E-state index is -1.10. The van der Waals surface area contributed by atoms with Crippen molar-refractivity contribution in [3.05, 3.63) is 0 Å². The average molecular weight is 295 g/mol. The van der Waals surface area contributed by atoms with Crippen LogP contribution in [0.25, 0.3) is 0 Å². The molecule has 8 heteroatoms. The van der Waals surface area contributed by atoms with Gasteiger partial charge in [-0.25, -0.2) is 4.79 Å². The summed E-state index contributed by atoms with van der Waals surface area (Å²) in [6.45, 7) is 3.44. The lowest BCUT2D eigenvalue weighted by molar-refractivity contribution is -0.870. The monoisotopic (exact) mass is 295 g/mol. The Hall–Kier alpha value is -1.67. The van der Waals surface area contributed by atoms with Gasteiger partial charge in [0.1, 0.15) is 6.54 Å². The number of nitrogens with zero attached hydrogens (tertiary/aromatic N) is 1. The fourth-order valence-electron chi connectivity index (χ4n) is 0.809. The Labute approximate surface area is 119 Å². The van der Waals surface area contributed by atoms with Gasteiger partial charge >= 0.3 is 11.9 Å². The number of esters is 1. The van der Waals surface area contributed by atoms with Gasteiger partial charge in [0, 0.05) is 13.4 Å². The molecule has 0 aliphatic carbocycles. The highest BCUT2D eigenvalue weighted by Gasteiger charge is 2.17. The van der Waals surface area contributed by atoms with E-state index in [9.17, 15) is 9.59 Å². The topological polar surface area (TPSA) is 124 Å². The smallest absolute Gasteiger partial charge is 0.345 e. The third kappa shape index (κ3) is 25.2. The number of carboxylic acids is 1. The summed E-state index contributed by atoms with van der Waals surface area (Å²) >= 11 is 0. The molecule has 0 saturated carbocycles. The Kier molecular flexibility index (Phi) is 16.1. The van der Waals surface area contributed by atoms with Crippen molar-refractivity contribution >= 4 is 18.4 Å². The van der Waals surface area contributed by atoms with Gasteiger partial charge in [0.25, 0.3) is 0 Å². The van der Waals surface area contributed by atoms with Crippen molar-refractivity contribution in [1.82, 2.24) is 0 Å². The number of aliphatic hydroxyl groups is 1. The Morgan fingerprint density at radius 3 is 1.80 bits per heavy atom. The van der Waals surface area contributed by atoms with Gasteiger partial charge < -0.3 is 29.3 Å². The summed E-state index contributed by atoms with van der Waals surface area (Å²) in [4.78, 5) is 28.7. The molecule has 8 nitrogen and oxygen atoms in total. The molecule has 0 saturated heterocycles. The molecule has 0 amide bonds. The number of aliphatic hydroxyl groups excluding tert-OH is 1. The van der Waals surface area contributed by atoms with Crippen molar-refractivity contribution in [1.29, 1.82) is 0 Å². The van der Waals surface area contributed by atoms with Gasteiger partial charge in [-0.3, -0.25) is 4.79 Å². The van der Waals surface area contributed by atoms with Crippen LogP contribution in [0.15, 0.2) is 0 Å². The second-order valence-electron chi connectivity index (χ2n) is 4.68. The highest BCUT2D eigenvalue weighted by molar-refractivity contribution is 5.76. The van der Waals surface area contributed by atoms with Crippen molar-refractivity contribution in [2.75, 3.05) is 34.3 Å². The lowest BCUT2D eigenvalue weighted by Gasteiger charge is -2.21. The fraction of sp³-hybridized carbons (Fsp3) is 0.750. The number of carboxylic acid groups (broad SMARTS) is 2. The fourth-order valence-corrected chi connectivity index (χ4v) is 0.809. The molecule has 0 aromatic heterocycles. The van der Waals surface area contributed by atoms with Crippen molar-refractivity contribution < 1.29 is 38.9 Å². The molecule has 20 heavy (non-hydrogen) atoms. The first-order valence-electron chi connectivity index (χ1n) is 5.92. The summed E-state index contributed by atoms with van der Waals surface area (Å²) in [6.07, 6.45) is -0.688. The summed E-state index contributed by atoms with van der Waals surface area (Å²) in [5, 5.41) is 25.0. The van der Waals surface area contributed by atoms with Crippen LogP contribution in [-0.2, 0) is 19.1 Å². The molecule has 0 bridgehead atoms. The van der Waals surface area contributed by atoms with Crippen molar-refractivity contribution in [2.24, 2.45) is 0 Å². The van der Waals surface area contributed by atoms with Crippen LogP contribution >= 0.6 is 0 Å². The van der Waals surface area contributed by atoms with E-state index in [-0.39, 0.29) is 6.61 Å². The van der Waals surface area contributed by atoms with Crippen LogP contribution in [-0.4, -0.2) is 73.5 Å². The van der Waals surface area contributed by atoms with E-state index in [0.29, 0.717) is 6.42 Å². The lowest BCUT2D eigenvalue weighted by atomic mass is 10.3. The van der Waals surface area contributed by atoms with Crippen molar-refractivity contribution in [2.45, 2.75) is 26.4 Å². The average Bonchev–Trinajstić information content (AvgIpc) is 2.25. The first kappa shape index (κ1) is 23.4. The van der Waals surface area contributed by atoms with Crippen LogP contribution in [0, 0.1) is 0 Å². The number of rotatable bonds is 5. The molecule has 1 unspecified atom stereocenters. The maximum absolute atomic E-state index is 10.2. The molecule has 1 atom stereocenters. The van der Waals surface area contributed by atoms with Gasteiger partial charge in [-0.15, -0.1) is 0 Å². The predicted molar refractivity (Wildman–Crippen MR) is 69.5 cm³/mol. The number of hydrogen-bond acceptors (Lipinski definition) is 6. The SMILES string of the molecule is CCC(OC(C)=O)C(=O)O.C[N+](C)(C)CCO.O=C[O-]. The maximum Gasteiger partial charge on any atom is 0.345 e. The van der Waals surface area contributed by atoms with Crippen LogP contribution in [0.4, 0.5) is 0 Å². The molecule has 0 rings (SSSR count). The van der Waals surface area contributed by atoms with Crippen LogP contribution < -0.4 is 5.11 Å². The summed E-state index contributed by atoms with van der Waals surface area (Å²) in [5.41, 5.74) is 0. The molecule has 0 spiro atoms. The minimum absolute atomic E-state index is 0.281. The number of carbonyl (C=O) groups excluding carboxylic acids is 2. The van der Waals surface area contributed by atoms with Gasteiger partial charge in [0.05, 0.1) is 27.7 Å². The Morgan fingerprint density at radius 1 is 1.35 bits per heavy atom. The molecular weight excluding hydrogens is 270 g/mol. The normalized spacial score (nSPS) is 10.9. The number of quaternary nitrogens is 1. The van der Waals surface area contributed by atoms with E-state index in [2.05, 4.69) is 25.9 Å². The zero-order chi connectivity index (χ0) is 16.8. The Morgan fingerprint density at radius 2 is 1.75 bits per heavy atom. The molecule has 0 aromatic rings. The summed E-state index contributed by atoms with van der Waals surface area (Å²) in [5.74, 6) is -1.66. The predicted octanol–water partition coefficient (Wildman–Crippen LogP) is -1.54. The summed E-state index contributed by atoms with van der Waals surface area (Å²) in [6, 6.07) is 0. The molecule has 2 N–H and O–H groups in total. The largest absolute Gasteiger partial charge is 0.554 e. The van der Waals surface area contributed by atoms with E-state index in [1.54, 1.807) is 6.92 Å². The maximum atomic E-state index is 10.2. The standard InChI is InChI=1S/C6H10O4.C5H14NO.CH2O2/c1-3-5(6(8)9)10-4(2)7;1-6(2,3)4-5-7;2-1-3/h5H,3H2,1-2H3,(H,8,9);7H,4-5H2,1-3H3;1H,(H,2,3)/q;+1;/p-1. The summed E-state index contributed by atoms with van der Waals surface area (Å²) < 4.78 is 5.27. The third-order valence-electron chi connectivity index (χ3n) is 1.73. The number of hydrogen-bond donors (Lipinski definition) is 2. The molecule has 0 aliphatic heterocycles. The first-order chi connectivity index (χ1) is 9.05. The van der Waals surface area contributed by atoms with E-state index in [1.807, 2.05) is 0 Å². The minimum Gasteiger partial charge on any atom is -0.554 e. The zero-order valence-corrected chi connectivity index (χ0v) is 12.7. The summed E-state index contributed by atoms with van der Waals surface area (Å²) in [7, 11) is 6.16. The second kappa shape index (κ2) is 13.8. The molecule has 0 radical (unpaired) electrons. The van der Waals surface area contributed by atoms with Gasteiger partial charge in [0.2, 0.25) is 0 Å². The van der Waals surface area contributed by atoms with E-state index < -0.39 is 24.5 Å². The van der Waals surface area contributed by atoms with Gasteiger partial charge in [-0.05, 0) is 6.42 Å². The van der Waals surface area contributed by atoms with Crippen LogP contribution in [0.1, 0.15) is 20.3 Å². The van der Waals surface area contributed by atoms with Gasteiger partial charge in [-0.2, -0.15) is 0 Å². The van der Waals surface area contributed by atoms with Crippen LogP contribution in [0.5, 0.6) is 0 Å². The molecule has 120 valence electrons. The van der Waals surface area contributed by atoms with Gasteiger partial charge in [0.15, 0.2) is 6.10 Å².